The van der Waals surface area contributed by atoms with Gasteiger partial charge in [0.05, 0.1) is 12.0 Å². The first-order chi connectivity index (χ1) is 13.1. The minimum absolute atomic E-state index is 0.0907. The Labute approximate surface area is 162 Å². The van der Waals surface area contributed by atoms with Crippen LogP contribution in [0, 0.1) is 5.92 Å². The highest BCUT2D eigenvalue weighted by Crippen LogP contribution is 2.28. The average Bonchev–Trinajstić information content (AvgIpc) is 3.40. The van der Waals surface area contributed by atoms with Crippen LogP contribution < -0.4 is 5.73 Å². The van der Waals surface area contributed by atoms with Crippen molar-refractivity contribution < 1.29 is 9.21 Å². The van der Waals surface area contributed by atoms with Crippen molar-refractivity contribution >= 4 is 17.5 Å². The van der Waals surface area contributed by atoms with E-state index >= 15 is 0 Å². The second-order valence-electron chi connectivity index (χ2n) is 6.93. The number of likely N-dealkylation sites (tertiary alicyclic amines) is 1. The largest absolute Gasteiger partial charge is 0.463 e. The second kappa shape index (κ2) is 7.21. The van der Waals surface area contributed by atoms with Gasteiger partial charge in [-0.3, -0.25) is 4.79 Å². The van der Waals surface area contributed by atoms with Crippen LogP contribution in [0.2, 0.25) is 5.02 Å². The molecule has 2 unspecified atom stereocenters. The highest BCUT2D eigenvalue weighted by Gasteiger charge is 2.33. The van der Waals surface area contributed by atoms with Crippen molar-refractivity contribution in [3.8, 4) is 17.1 Å². The van der Waals surface area contributed by atoms with Gasteiger partial charge in [0.25, 0.3) is 5.91 Å². The molecule has 1 saturated heterocycles. The number of carbonyl (C=O) groups is 1. The van der Waals surface area contributed by atoms with Gasteiger partial charge in [-0.2, -0.15) is 5.10 Å². The standard InChI is InChI=1S/C20H21ClN4O2/c1-13-8-14(11-22)12-24(13)20(26)17-10-18(19-6-3-7-27-19)25(23-17)16-5-2-4-15(21)9-16/h2-7,9-10,13-14H,8,11-12,22H2,1H3. The first-order valence-corrected chi connectivity index (χ1v) is 9.35. The maximum atomic E-state index is 13.1. The van der Waals surface area contributed by atoms with Gasteiger partial charge in [0.1, 0.15) is 5.69 Å². The summed E-state index contributed by atoms with van der Waals surface area (Å²) < 4.78 is 7.24. The van der Waals surface area contributed by atoms with Gasteiger partial charge < -0.3 is 15.1 Å². The van der Waals surface area contributed by atoms with Crippen molar-refractivity contribution in [2.75, 3.05) is 13.1 Å². The van der Waals surface area contributed by atoms with E-state index in [0.29, 0.717) is 41.2 Å². The molecule has 140 valence electrons. The number of aromatic nitrogens is 2. The number of furan rings is 1. The Morgan fingerprint density at radius 2 is 2.19 bits per heavy atom. The van der Waals surface area contributed by atoms with Crippen molar-refractivity contribution in [3.05, 3.63) is 59.4 Å². The first-order valence-electron chi connectivity index (χ1n) is 8.97. The fourth-order valence-corrected chi connectivity index (χ4v) is 3.82. The van der Waals surface area contributed by atoms with Gasteiger partial charge in [-0.15, -0.1) is 0 Å². The van der Waals surface area contributed by atoms with E-state index in [0.717, 1.165) is 12.1 Å². The zero-order valence-electron chi connectivity index (χ0n) is 15.0. The van der Waals surface area contributed by atoms with Crippen molar-refractivity contribution in [2.45, 2.75) is 19.4 Å². The molecule has 7 heteroatoms. The number of halogens is 1. The summed E-state index contributed by atoms with van der Waals surface area (Å²) in [6, 6.07) is 12.9. The Morgan fingerprint density at radius 1 is 1.33 bits per heavy atom. The third kappa shape index (κ3) is 3.38. The molecular formula is C20H21ClN4O2. The highest BCUT2D eigenvalue weighted by atomic mass is 35.5. The van der Waals surface area contributed by atoms with Crippen LogP contribution in [-0.2, 0) is 0 Å². The third-order valence-corrected chi connectivity index (χ3v) is 5.25. The summed E-state index contributed by atoms with van der Waals surface area (Å²) in [6.07, 6.45) is 2.52. The highest BCUT2D eigenvalue weighted by molar-refractivity contribution is 6.30. The van der Waals surface area contributed by atoms with Crippen molar-refractivity contribution in [1.29, 1.82) is 0 Å². The molecule has 3 aromatic rings. The van der Waals surface area contributed by atoms with Gasteiger partial charge in [-0.1, -0.05) is 17.7 Å². The number of rotatable bonds is 4. The normalized spacial score (nSPS) is 19.6. The van der Waals surface area contributed by atoms with Crippen LogP contribution in [0.15, 0.2) is 53.1 Å². The molecule has 0 radical (unpaired) electrons. The molecule has 4 rings (SSSR count). The van der Waals surface area contributed by atoms with Crippen LogP contribution in [0.25, 0.3) is 17.1 Å². The van der Waals surface area contributed by atoms with Gasteiger partial charge in [-0.25, -0.2) is 4.68 Å². The maximum absolute atomic E-state index is 13.1. The number of nitrogens with zero attached hydrogens (tertiary/aromatic N) is 3. The van der Waals surface area contributed by atoms with Gasteiger partial charge in [0.2, 0.25) is 0 Å². The van der Waals surface area contributed by atoms with Crippen LogP contribution in [0.3, 0.4) is 0 Å². The fourth-order valence-electron chi connectivity index (χ4n) is 3.63. The lowest BCUT2D eigenvalue weighted by Crippen LogP contribution is -2.34. The van der Waals surface area contributed by atoms with Crippen molar-refractivity contribution in [1.82, 2.24) is 14.7 Å². The van der Waals surface area contributed by atoms with Crippen LogP contribution in [0.1, 0.15) is 23.8 Å². The topological polar surface area (TPSA) is 77.3 Å². The molecule has 2 aromatic heterocycles. The summed E-state index contributed by atoms with van der Waals surface area (Å²) in [5, 5.41) is 5.18. The van der Waals surface area contributed by atoms with E-state index in [2.05, 4.69) is 12.0 Å². The average molecular weight is 385 g/mol. The first kappa shape index (κ1) is 17.8. The fraction of sp³-hybridized carbons (Fsp3) is 0.300. The van der Waals surface area contributed by atoms with E-state index in [4.69, 9.17) is 21.8 Å². The van der Waals surface area contributed by atoms with E-state index in [-0.39, 0.29) is 11.9 Å². The molecule has 1 aromatic carbocycles. The predicted molar refractivity (Wildman–Crippen MR) is 104 cm³/mol. The number of hydrogen-bond acceptors (Lipinski definition) is 4. The van der Waals surface area contributed by atoms with Gasteiger partial charge in [0, 0.05) is 23.7 Å². The second-order valence-corrected chi connectivity index (χ2v) is 7.36. The summed E-state index contributed by atoms with van der Waals surface area (Å²) in [5.74, 6) is 0.881. The number of benzene rings is 1. The van der Waals surface area contributed by atoms with Crippen LogP contribution >= 0.6 is 11.6 Å². The molecule has 27 heavy (non-hydrogen) atoms. The summed E-state index contributed by atoms with van der Waals surface area (Å²) in [6.45, 7) is 3.30. The van der Waals surface area contributed by atoms with Crippen LogP contribution in [0.5, 0.6) is 0 Å². The summed E-state index contributed by atoms with van der Waals surface area (Å²) in [4.78, 5) is 15.0. The molecule has 1 aliphatic heterocycles. The molecule has 3 heterocycles. The van der Waals surface area contributed by atoms with Gasteiger partial charge in [-0.05, 0) is 56.1 Å². The third-order valence-electron chi connectivity index (χ3n) is 5.01. The Morgan fingerprint density at radius 3 is 2.85 bits per heavy atom. The molecule has 1 aliphatic rings. The summed E-state index contributed by atoms with van der Waals surface area (Å²) in [7, 11) is 0. The quantitative estimate of drug-likeness (QED) is 0.745. The molecule has 1 fully saturated rings. The monoisotopic (exact) mass is 384 g/mol. The van der Waals surface area contributed by atoms with Gasteiger partial charge >= 0.3 is 0 Å². The zero-order valence-corrected chi connectivity index (χ0v) is 15.8. The molecule has 1 amide bonds. The van der Waals surface area contributed by atoms with Gasteiger partial charge in [0.15, 0.2) is 11.5 Å². The van der Waals surface area contributed by atoms with E-state index in [1.807, 2.05) is 23.1 Å². The van der Waals surface area contributed by atoms with Crippen molar-refractivity contribution in [2.24, 2.45) is 11.7 Å². The molecular weight excluding hydrogens is 364 g/mol. The number of amides is 1. The smallest absolute Gasteiger partial charge is 0.274 e. The Kier molecular flexibility index (Phi) is 4.76. The molecule has 0 spiro atoms. The molecule has 2 N–H and O–H groups in total. The lowest BCUT2D eigenvalue weighted by molar-refractivity contribution is 0.0737. The lowest BCUT2D eigenvalue weighted by atomic mass is 10.1. The van der Waals surface area contributed by atoms with Crippen LogP contribution in [0.4, 0.5) is 0 Å². The predicted octanol–water partition coefficient (Wildman–Crippen LogP) is 3.60. The number of hydrogen-bond donors (Lipinski definition) is 1. The van der Waals surface area contributed by atoms with E-state index in [9.17, 15) is 4.79 Å². The molecule has 0 aliphatic carbocycles. The van der Waals surface area contributed by atoms with E-state index < -0.39 is 0 Å². The number of nitrogens with two attached hydrogens (primary N) is 1. The molecule has 2 atom stereocenters. The minimum atomic E-state index is -0.0907. The Hall–Kier alpha value is -2.57. The molecule has 6 nitrogen and oxygen atoms in total. The van der Waals surface area contributed by atoms with E-state index in [1.54, 1.807) is 35.2 Å². The SMILES string of the molecule is CC1CC(CN)CN1C(=O)c1cc(-c2ccco2)n(-c2cccc(Cl)c2)n1. The molecule has 0 bridgehead atoms. The maximum Gasteiger partial charge on any atom is 0.274 e. The Bertz CT molecular complexity index is 951. The van der Waals surface area contributed by atoms with E-state index in [1.165, 1.54) is 0 Å². The zero-order chi connectivity index (χ0) is 19.0. The molecule has 0 saturated carbocycles. The summed E-state index contributed by atoms with van der Waals surface area (Å²) >= 11 is 6.14. The van der Waals surface area contributed by atoms with Crippen molar-refractivity contribution in [3.63, 3.8) is 0 Å². The summed E-state index contributed by atoms with van der Waals surface area (Å²) in [5.41, 5.74) is 7.65. The van der Waals surface area contributed by atoms with Crippen LogP contribution in [-0.4, -0.2) is 39.7 Å². The Balaban J connectivity index is 1.75. The number of carbonyl (C=O) groups excluding carboxylic acids is 1. The lowest BCUT2D eigenvalue weighted by Gasteiger charge is -2.20. The minimum Gasteiger partial charge on any atom is -0.463 e.